The van der Waals surface area contributed by atoms with Crippen molar-refractivity contribution >= 4 is 5.91 Å². The Hall–Kier alpha value is -2.58. The minimum Gasteiger partial charge on any atom is -0.497 e. The maximum atomic E-state index is 12.9. The van der Waals surface area contributed by atoms with Crippen molar-refractivity contribution in [3.63, 3.8) is 0 Å². The number of morpholine rings is 1. The average molecular weight is 434 g/mol. The van der Waals surface area contributed by atoms with E-state index in [2.05, 4.69) is 4.90 Å². The average Bonchev–Trinajstić information content (AvgIpc) is 3.20. The monoisotopic (exact) mass is 434 g/mol. The second kappa shape index (κ2) is 8.16. The molecule has 4 rings (SSSR count). The highest BCUT2D eigenvalue weighted by molar-refractivity contribution is 5.94. The van der Waals surface area contributed by atoms with Gasteiger partial charge in [-0.3, -0.25) is 9.69 Å². The Kier molecular flexibility index (Phi) is 5.70. The Morgan fingerprint density at radius 1 is 1.13 bits per heavy atom. The molecule has 2 aliphatic rings. The SMILES string of the molecule is COc1ccc(C(=O)N2CC[C@@]3(CO[C@H](c4ccc(C(F)(F)F)cc4)CN3C)C2)cc1. The van der Waals surface area contributed by atoms with Gasteiger partial charge in [-0.25, -0.2) is 0 Å². The highest BCUT2D eigenvalue weighted by atomic mass is 19.4. The van der Waals surface area contributed by atoms with Crippen LogP contribution in [0.2, 0.25) is 0 Å². The zero-order valence-corrected chi connectivity index (χ0v) is 17.5. The second-order valence-corrected chi connectivity index (χ2v) is 8.23. The summed E-state index contributed by atoms with van der Waals surface area (Å²) in [5.41, 5.74) is 0.379. The highest BCUT2D eigenvalue weighted by Crippen LogP contribution is 2.37. The molecular weight excluding hydrogens is 409 g/mol. The predicted octanol–water partition coefficient (Wildman–Crippen LogP) is 4.00. The minimum absolute atomic E-state index is 0.0298. The van der Waals surface area contributed by atoms with Gasteiger partial charge in [0.2, 0.25) is 0 Å². The summed E-state index contributed by atoms with van der Waals surface area (Å²) in [7, 11) is 3.57. The van der Waals surface area contributed by atoms with Crippen molar-refractivity contribution in [1.29, 1.82) is 0 Å². The first-order valence-electron chi connectivity index (χ1n) is 10.2. The first-order chi connectivity index (χ1) is 14.7. The Morgan fingerprint density at radius 3 is 2.39 bits per heavy atom. The lowest BCUT2D eigenvalue weighted by atomic mass is 9.93. The van der Waals surface area contributed by atoms with Gasteiger partial charge in [-0.2, -0.15) is 13.2 Å². The lowest BCUT2D eigenvalue weighted by molar-refractivity contribution is -0.137. The number of halogens is 3. The van der Waals surface area contributed by atoms with Crippen LogP contribution in [0.5, 0.6) is 5.75 Å². The molecule has 0 N–H and O–H groups in total. The summed E-state index contributed by atoms with van der Waals surface area (Å²) in [6.07, 6.45) is -3.87. The fourth-order valence-corrected chi connectivity index (χ4v) is 4.32. The fourth-order valence-electron chi connectivity index (χ4n) is 4.32. The third-order valence-corrected chi connectivity index (χ3v) is 6.37. The molecule has 2 atom stereocenters. The van der Waals surface area contributed by atoms with Crippen molar-refractivity contribution in [2.75, 3.05) is 40.4 Å². The predicted molar refractivity (Wildman–Crippen MR) is 109 cm³/mol. The van der Waals surface area contributed by atoms with E-state index in [0.717, 1.165) is 24.1 Å². The van der Waals surface area contributed by atoms with Crippen molar-refractivity contribution in [3.8, 4) is 5.75 Å². The third kappa shape index (κ3) is 4.27. The molecule has 1 spiro atoms. The van der Waals surface area contributed by atoms with Crippen molar-refractivity contribution in [2.45, 2.75) is 24.2 Å². The largest absolute Gasteiger partial charge is 0.497 e. The molecule has 2 aromatic carbocycles. The molecule has 8 heteroatoms. The molecule has 2 fully saturated rings. The zero-order valence-electron chi connectivity index (χ0n) is 17.5. The molecule has 0 saturated carbocycles. The highest BCUT2D eigenvalue weighted by Gasteiger charge is 2.47. The fraction of sp³-hybridized carbons (Fsp3) is 0.435. The van der Waals surface area contributed by atoms with Crippen LogP contribution in [0.4, 0.5) is 13.2 Å². The van der Waals surface area contributed by atoms with Crippen molar-refractivity contribution in [3.05, 3.63) is 65.2 Å². The van der Waals surface area contributed by atoms with Crippen molar-refractivity contribution in [1.82, 2.24) is 9.80 Å². The summed E-state index contributed by atoms with van der Waals surface area (Å²) in [4.78, 5) is 16.9. The number of benzene rings is 2. The number of likely N-dealkylation sites (tertiary alicyclic amines) is 1. The summed E-state index contributed by atoms with van der Waals surface area (Å²) in [5.74, 6) is 0.668. The van der Waals surface area contributed by atoms with E-state index in [9.17, 15) is 18.0 Å². The first kappa shape index (κ1) is 21.6. The summed E-state index contributed by atoms with van der Waals surface area (Å²) in [6, 6.07) is 12.2. The molecule has 31 heavy (non-hydrogen) atoms. The number of rotatable bonds is 3. The first-order valence-corrected chi connectivity index (χ1v) is 10.2. The Bertz CT molecular complexity index is 931. The molecular formula is C23H25F3N2O3. The van der Waals surface area contributed by atoms with Crippen LogP contribution in [-0.4, -0.2) is 61.6 Å². The number of carbonyl (C=O) groups excluding carboxylic acids is 1. The third-order valence-electron chi connectivity index (χ3n) is 6.37. The molecule has 2 heterocycles. The van der Waals surface area contributed by atoms with E-state index in [1.165, 1.54) is 12.1 Å². The molecule has 5 nitrogen and oxygen atoms in total. The van der Waals surface area contributed by atoms with E-state index in [4.69, 9.17) is 9.47 Å². The van der Waals surface area contributed by atoms with Gasteiger partial charge in [0.1, 0.15) is 5.75 Å². The number of carbonyl (C=O) groups is 1. The number of hydrogen-bond donors (Lipinski definition) is 0. The smallest absolute Gasteiger partial charge is 0.416 e. The number of ether oxygens (including phenoxy) is 2. The quantitative estimate of drug-likeness (QED) is 0.733. The molecule has 0 unspecified atom stereocenters. The number of likely N-dealkylation sites (N-methyl/N-ethyl adjacent to an activating group) is 1. The number of amides is 1. The van der Waals surface area contributed by atoms with Crippen molar-refractivity contribution < 1.29 is 27.4 Å². The number of hydrogen-bond acceptors (Lipinski definition) is 4. The summed E-state index contributed by atoms with van der Waals surface area (Å²) in [6.45, 7) is 2.15. The number of alkyl halides is 3. The zero-order chi connectivity index (χ0) is 22.2. The van der Waals surface area contributed by atoms with Crippen LogP contribution in [0.1, 0.15) is 34.0 Å². The maximum Gasteiger partial charge on any atom is 0.416 e. The number of nitrogens with zero attached hydrogens (tertiary/aromatic N) is 2. The molecule has 0 aliphatic carbocycles. The van der Waals surface area contributed by atoms with Gasteiger partial charge in [-0.05, 0) is 55.4 Å². The van der Waals surface area contributed by atoms with Gasteiger partial charge < -0.3 is 14.4 Å². The molecule has 2 aromatic rings. The lowest BCUT2D eigenvalue weighted by Gasteiger charge is -2.45. The van der Waals surface area contributed by atoms with Gasteiger partial charge in [0.15, 0.2) is 0 Å². The normalized spacial score (nSPS) is 24.5. The van der Waals surface area contributed by atoms with Gasteiger partial charge in [-0.15, -0.1) is 0 Å². The van der Waals surface area contributed by atoms with Crippen LogP contribution in [0, 0.1) is 0 Å². The summed E-state index contributed by atoms with van der Waals surface area (Å²) >= 11 is 0. The van der Waals surface area contributed by atoms with Gasteiger partial charge in [0, 0.05) is 25.2 Å². The summed E-state index contributed by atoms with van der Waals surface area (Å²) < 4.78 is 49.7. The van der Waals surface area contributed by atoms with E-state index in [0.29, 0.717) is 37.6 Å². The Morgan fingerprint density at radius 2 is 1.81 bits per heavy atom. The van der Waals surface area contributed by atoms with Gasteiger partial charge in [0.05, 0.1) is 30.9 Å². The molecule has 0 aromatic heterocycles. The Balaban J connectivity index is 1.41. The van der Waals surface area contributed by atoms with Gasteiger partial charge in [-0.1, -0.05) is 12.1 Å². The number of methoxy groups -OCH3 is 1. The molecule has 0 bridgehead atoms. The van der Waals surface area contributed by atoms with Crippen LogP contribution in [0.25, 0.3) is 0 Å². The van der Waals surface area contributed by atoms with Crippen LogP contribution >= 0.6 is 0 Å². The van der Waals surface area contributed by atoms with E-state index >= 15 is 0 Å². The topological polar surface area (TPSA) is 42.0 Å². The standard InChI is InChI=1S/C23H25F3N2O3/c1-27-13-20(16-3-7-18(8-4-16)23(24,25)26)31-15-22(27)11-12-28(14-22)21(29)17-5-9-19(30-2)10-6-17/h3-10,20H,11-15H2,1-2H3/t20-,22-/m0/s1. The second-order valence-electron chi connectivity index (χ2n) is 8.23. The minimum atomic E-state index is -4.35. The van der Waals surface area contributed by atoms with Crippen LogP contribution in [0.15, 0.2) is 48.5 Å². The molecule has 2 saturated heterocycles. The van der Waals surface area contributed by atoms with Gasteiger partial charge >= 0.3 is 6.18 Å². The molecule has 1 amide bonds. The molecule has 2 aliphatic heterocycles. The van der Waals surface area contributed by atoms with Crippen LogP contribution < -0.4 is 4.74 Å². The van der Waals surface area contributed by atoms with E-state index in [1.807, 2.05) is 11.9 Å². The van der Waals surface area contributed by atoms with Crippen molar-refractivity contribution in [2.24, 2.45) is 0 Å². The lowest BCUT2D eigenvalue weighted by Crippen LogP contribution is -2.57. The van der Waals surface area contributed by atoms with Gasteiger partial charge in [0.25, 0.3) is 5.91 Å². The van der Waals surface area contributed by atoms with Crippen LogP contribution in [-0.2, 0) is 10.9 Å². The maximum absolute atomic E-state index is 12.9. The van der Waals surface area contributed by atoms with E-state index in [1.54, 1.807) is 31.4 Å². The van der Waals surface area contributed by atoms with Crippen LogP contribution in [0.3, 0.4) is 0 Å². The molecule has 0 radical (unpaired) electrons. The Labute approximate surface area is 179 Å². The molecule has 166 valence electrons. The summed E-state index contributed by atoms with van der Waals surface area (Å²) in [5, 5.41) is 0. The van der Waals surface area contributed by atoms with E-state index < -0.39 is 11.7 Å². The van der Waals surface area contributed by atoms with E-state index in [-0.39, 0.29) is 17.6 Å².